The molecule has 1 aliphatic carbocycles. The molecule has 1 amide bonds. The van der Waals surface area contributed by atoms with Gasteiger partial charge < -0.3 is 9.32 Å². The van der Waals surface area contributed by atoms with Crippen LogP contribution in [-0.2, 0) is 6.54 Å². The highest BCUT2D eigenvalue weighted by Gasteiger charge is 2.43. The van der Waals surface area contributed by atoms with Gasteiger partial charge >= 0.3 is 0 Å². The zero-order valence-electron chi connectivity index (χ0n) is 14.8. The highest BCUT2D eigenvalue weighted by atomic mass is 16.3. The van der Waals surface area contributed by atoms with Crippen molar-refractivity contribution in [2.75, 3.05) is 20.1 Å². The van der Waals surface area contributed by atoms with Crippen molar-refractivity contribution in [1.29, 1.82) is 0 Å². The van der Waals surface area contributed by atoms with Crippen LogP contribution in [0.2, 0.25) is 0 Å². The number of benzene rings is 1. The second-order valence-electron chi connectivity index (χ2n) is 7.49. The molecular weight excluding hydrogens is 312 g/mol. The summed E-state index contributed by atoms with van der Waals surface area (Å²) in [5.41, 5.74) is 0.807. The molecule has 25 heavy (non-hydrogen) atoms. The zero-order chi connectivity index (χ0) is 17.2. The summed E-state index contributed by atoms with van der Waals surface area (Å²) in [4.78, 5) is 17.3. The van der Waals surface area contributed by atoms with Gasteiger partial charge in [0.1, 0.15) is 5.76 Å². The van der Waals surface area contributed by atoms with E-state index in [1.54, 1.807) is 6.26 Å². The third kappa shape index (κ3) is 3.36. The third-order valence-electron chi connectivity index (χ3n) is 5.92. The molecule has 4 heteroatoms. The van der Waals surface area contributed by atoms with E-state index in [1.165, 1.54) is 19.3 Å². The summed E-state index contributed by atoms with van der Waals surface area (Å²) in [6.45, 7) is 2.63. The Morgan fingerprint density at radius 2 is 2.00 bits per heavy atom. The van der Waals surface area contributed by atoms with Crippen molar-refractivity contribution in [3.05, 3.63) is 60.1 Å². The number of carbonyl (C=O) groups is 1. The Kier molecular flexibility index (Phi) is 4.62. The average Bonchev–Trinajstić information content (AvgIpc) is 3.30. The van der Waals surface area contributed by atoms with E-state index in [9.17, 15) is 4.79 Å². The maximum atomic E-state index is 12.8. The predicted octanol–water partition coefficient (Wildman–Crippen LogP) is 3.65. The number of hydrogen-bond acceptors (Lipinski definition) is 3. The summed E-state index contributed by atoms with van der Waals surface area (Å²) in [5, 5.41) is 0. The lowest BCUT2D eigenvalue weighted by Gasteiger charge is -2.38. The lowest BCUT2D eigenvalue weighted by atomic mass is 9.77. The van der Waals surface area contributed by atoms with E-state index < -0.39 is 0 Å². The number of nitrogens with zero attached hydrogens (tertiary/aromatic N) is 2. The van der Waals surface area contributed by atoms with Gasteiger partial charge in [-0.1, -0.05) is 24.6 Å². The van der Waals surface area contributed by atoms with Gasteiger partial charge in [0.25, 0.3) is 5.91 Å². The second-order valence-corrected chi connectivity index (χ2v) is 7.49. The number of amides is 1. The van der Waals surface area contributed by atoms with Crippen LogP contribution in [0.25, 0.3) is 0 Å². The summed E-state index contributed by atoms with van der Waals surface area (Å²) < 4.78 is 5.52. The minimum absolute atomic E-state index is 0.183. The smallest absolute Gasteiger partial charge is 0.253 e. The minimum Gasteiger partial charge on any atom is -0.468 e. The molecule has 2 fully saturated rings. The van der Waals surface area contributed by atoms with Gasteiger partial charge in [-0.25, -0.2) is 0 Å². The molecule has 2 aromatic rings. The molecule has 1 saturated heterocycles. The van der Waals surface area contributed by atoms with Gasteiger partial charge in [-0.15, -0.1) is 0 Å². The number of rotatable bonds is 4. The summed E-state index contributed by atoms with van der Waals surface area (Å²) in [7, 11) is 2.19. The van der Waals surface area contributed by atoms with E-state index in [2.05, 4.69) is 16.8 Å². The fourth-order valence-electron chi connectivity index (χ4n) is 4.68. The van der Waals surface area contributed by atoms with Gasteiger partial charge in [-0.05, 0) is 56.0 Å². The van der Waals surface area contributed by atoms with E-state index >= 15 is 0 Å². The Hall–Kier alpha value is -2.07. The number of furan rings is 1. The third-order valence-corrected chi connectivity index (χ3v) is 5.92. The average molecular weight is 338 g/mol. The van der Waals surface area contributed by atoms with Crippen molar-refractivity contribution in [1.82, 2.24) is 9.80 Å². The van der Waals surface area contributed by atoms with Crippen LogP contribution < -0.4 is 0 Å². The molecule has 132 valence electrons. The molecular formula is C21H26N2O2. The number of fused-ring (bicyclic) bond motifs is 1. The van der Waals surface area contributed by atoms with Gasteiger partial charge in [0.2, 0.25) is 0 Å². The molecule has 2 heterocycles. The highest BCUT2D eigenvalue weighted by Crippen LogP contribution is 2.39. The van der Waals surface area contributed by atoms with Gasteiger partial charge in [0, 0.05) is 24.7 Å². The Labute approximate surface area is 149 Å². The van der Waals surface area contributed by atoms with Gasteiger partial charge in [0.15, 0.2) is 0 Å². The number of carbonyl (C=O) groups excluding carboxylic acids is 1. The second kappa shape index (κ2) is 7.04. The first-order valence-corrected chi connectivity index (χ1v) is 9.29. The monoisotopic (exact) mass is 338 g/mol. The van der Waals surface area contributed by atoms with Crippen molar-refractivity contribution >= 4 is 5.91 Å². The molecule has 0 radical (unpaired) electrons. The van der Waals surface area contributed by atoms with E-state index in [0.29, 0.717) is 17.9 Å². The molecule has 3 atom stereocenters. The quantitative estimate of drug-likeness (QED) is 0.854. The van der Waals surface area contributed by atoms with Crippen LogP contribution in [0.15, 0.2) is 53.1 Å². The molecule has 1 saturated carbocycles. The van der Waals surface area contributed by atoms with Crippen molar-refractivity contribution in [3.8, 4) is 0 Å². The molecule has 0 spiro atoms. The Morgan fingerprint density at radius 3 is 2.76 bits per heavy atom. The zero-order valence-corrected chi connectivity index (χ0v) is 14.8. The van der Waals surface area contributed by atoms with E-state index in [1.807, 2.05) is 42.5 Å². The number of hydrogen-bond donors (Lipinski definition) is 0. The molecule has 4 rings (SSSR count). The Bertz CT molecular complexity index is 698. The van der Waals surface area contributed by atoms with Crippen molar-refractivity contribution in [2.24, 2.45) is 11.8 Å². The molecule has 1 aliphatic heterocycles. The number of likely N-dealkylation sites (tertiary alicyclic amines) is 1. The van der Waals surface area contributed by atoms with E-state index in [-0.39, 0.29) is 5.91 Å². The summed E-state index contributed by atoms with van der Waals surface area (Å²) in [6.07, 6.45) is 5.45. The van der Waals surface area contributed by atoms with Crippen LogP contribution in [-0.4, -0.2) is 41.9 Å². The largest absolute Gasteiger partial charge is 0.468 e. The van der Waals surface area contributed by atoms with Gasteiger partial charge in [-0.2, -0.15) is 0 Å². The fourth-order valence-corrected chi connectivity index (χ4v) is 4.68. The Morgan fingerprint density at radius 1 is 1.16 bits per heavy atom. The molecule has 2 aliphatic rings. The molecule has 4 nitrogen and oxygen atoms in total. The standard InChI is InChI=1S/C21H26N2O2/c1-22(14-18-10-6-12-25-18)20-11-5-9-17-13-23(15-19(17)20)21(24)16-7-3-2-4-8-16/h2-4,6-8,10,12,17,19-20H,5,9,11,13-15H2,1H3. The van der Waals surface area contributed by atoms with Crippen molar-refractivity contribution in [3.63, 3.8) is 0 Å². The predicted molar refractivity (Wildman–Crippen MR) is 97.1 cm³/mol. The normalized spacial score (nSPS) is 26.0. The van der Waals surface area contributed by atoms with Crippen LogP contribution in [0.5, 0.6) is 0 Å². The summed E-state index contributed by atoms with van der Waals surface area (Å²) in [5.74, 6) is 2.40. The van der Waals surface area contributed by atoms with Crippen molar-refractivity contribution in [2.45, 2.75) is 31.8 Å². The molecule has 1 aromatic carbocycles. The van der Waals surface area contributed by atoms with E-state index in [4.69, 9.17) is 4.42 Å². The molecule has 1 aromatic heterocycles. The van der Waals surface area contributed by atoms with Gasteiger partial charge in [-0.3, -0.25) is 9.69 Å². The highest BCUT2D eigenvalue weighted by molar-refractivity contribution is 5.94. The minimum atomic E-state index is 0.183. The Balaban J connectivity index is 1.45. The first-order valence-electron chi connectivity index (χ1n) is 9.29. The van der Waals surface area contributed by atoms with Crippen LogP contribution >= 0.6 is 0 Å². The topological polar surface area (TPSA) is 36.7 Å². The molecule has 0 bridgehead atoms. The fraction of sp³-hybridized carbons (Fsp3) is 0.476. The van der Waals surface area contributed by atoms with Gasteiger partial charge in [0.05, 0.1) is 12.8 Å². The lowest BCUT2D eigenvalue weighted by molar-refractivity contribution is 0.0767. The maximum Gasteiger partial charge on any atom is 0.253 e. The van der Waals surface area contributed by atoms with E-state index in [0.717, 1.165) is 31.0 Å². The van der Waals surface area contributed by atoms with Crippen LogP contribution in [0.3, 0.4) is 0 Å². The summed E-state index contributed by atoms with van der Waals surface area (Å²) in [6, 6.07) is 14.2. The first kappa shape index (κ1) is 16.4. The molecule has 3 unspecified atom stereocenters. The summed E-state index contributed by atoms with van der Waals surface area (Å²) >= 11 is 0. The lowest BCUT2D eigenvalue weighted by Crippen LogP contribution is -2.43. The van der Waals surface area contributed by atoms with Crippen LogP contribution in [0, 0.1) is 11.8 Å². The van der Waals surface area contributed by atoms with Crippen molar-refractivity contribution < 1.29 is 9.21 Å². The first-order chi connectivity index (χ1) is 12.2. The maximum absolute atomic E-state index is 12.8. The van der Waals surface area contributed by atoms with Crippen LogP contribution in [0.1, 0.15) is 35.4 Å². The SMILES string of the molecule is CN(Cc1ccco1)C1CCCC2CN(C(=O)c3ccccc3)CC21. The van der Waals surface area contributed by atoms with Crippen LogP contribution in [0.4, 0.5) is 0 Å². The molecule has 0 N–H and O–H groups in total.